The lowest BCUT2D eigenvalue weighted by Crippen LogP contribution is -1.81. The number of rotatable bonds is 2. The Morgan fingerprint density at radius 3 is 1.18 bits per heavy atom. The van der Waals surface area contributed by atoms with Crippen LogP contribution in [0.2, 0.25) is 0 Å². The highest BCUT2D eigenvalue weighted by molar-refractivity contribution is 5.89. The molecule has 0 nitrogen and oxygen atoms in total. The van der Waals surface area contributed by atoms with Crippen molar-refractivity contribution in [2.24, 2.45) is 0 Å². The molecule has 176 valence electrons. The molecule has 38 heavy (non-hydrogen) atoms. The number of hydrogen-bond donors (Lipinski definition) is 0. The van der Waals surface area contributed by atoms with E-state index < -0.39 is 0 Å². The minimum atomic E-state index is 1.00. The molecule has 0 radical (unpaired) electrons. The standard InChI is InChI=1S/C38H24/c1-3-13-37-33(7-1)9-5-11-35(37)27-25-31-21-17-29(18-22-31)15-16-30-19-23-32(24-20-30)26-28-36-12-6-10-34-8-2-4-14-38(34)36/h1-24H/b16-15+. The van der Waals surface area contributed by atoms with Crippen LogP contribution in [-0.4, -0.2) is 0 Å². The molecule has 0 saturated heterocycles. The Morgan fingerprint density at radius 2 is 0.737 bits per heavy atom. The topological polar surface area (TPSA) is 0 Å². The Balaban J connectivity index is 1.13. The molecule has 0 unspecified atom stereocenters. The zero-order valence-corrected chi connectivity index (χ0v) is 20.9. The average molecular weight is 481 g/mol. The summed E-state index contributed by atoms with van der Waals surface area (Å²) in [6.07, 6.45) is 4.25. The van der Waals surface area contributed by atoms with Gasteiger partial charge in [-0.15, -0.1) is 0 Å². The molecular weight excluding hydrogens is 456 g/mol. The van der Waals surface area contributed by atoms with E-state index in [1.165, 1.54) is 21.5 Å². The molecule has 0 aliphatic carbocycles. The molecule has 0 amide bonds. The first-order chi connectivity index (χ1) is 18.8. The molecule has 0 N–H and O–H groups in total. The van der Waals surface area contributed by atoms with Crippen LogP contribution in [0.4, 0.5) is 0 Å². The summed E-state index contributed by atoms with van der Waals surface area (Å²) in [6.45, 7) is 0. The zero-order chi connectivity index (χ0) is 25.6. The number of benzene rings is 6. The minimum Gasteiger partial charge on any atom is -0.0616 e. The van der Waals surface area contributed by atoms with Crippen molar-refractivity contribution in [3.8, 4) is 23.7 Å². The molecule has 0 aromatic heterocycles. The van der Waals surface area contributed by atoms with Gasteiger partial charge in [-0.1, -0.05) is 133 Å². The van der Waals surface area contributed by atoms with E-state index in [9.17, 15) is 0 Å². The van der Waals surface area contributed by atoms with Gasteiger partial charge in [0.05, 0.1) is 0 Å². The lowest BCUT2D eigenvalue weighted by molar-refractivity contribution is 1.59. The predicted molar refractivity (Wildman–Crippen MR) is 162 cm³/mol. The Labute approximate surface area is 223 Å². The van der Waals surface area contributed by atoms with Crippen LogP contribution in [0.3, 0.4) is 0 Å². The number of fused-ring (bicyclic) bond motifs is 2. The van der Waals surface area contributed by atoms with Gasteiger partial charge in [0.15, 0.2) is 0 Å². The zero-order valence-electron chi connectivity index (χ0n) is 20.9. The fourth-order valence-electron chi connectivity index (χ4n) is 4.50. The van der Waals surface area contributed by atoms with Crippen molar-refractivity contribution >= 4 is 33.7 Å². The van der Waals surface area contributed by atoms with E-state index in [4.69, 9.17) is 0 Å². The second kappa shape index (κ2) is 10.8. The van der Waals surface area contributed by atoms with Crippen LogP contribution >= 0.6 is 0 Å². The quantitative estimate of drug-likeness (QED) is 0.171. The second-order valence-corrected chi connectivity index (χ2v) is 9.13. The summed E-state index contributed by atoms with van der Waals surface area (Å²) in [4.78, 5) is 0. The first kappa shape index (κ1) is 23.1. The van der Waals surface area contributed by atoms with Crippen molar-refractivity contribution in [2.75, 3.05) is 0 Å². The highest BCUT2D eigenvalue weighted by Gasteiger charge is 1.98. The van der Waals surface area contributed by atoms with E-state index in [-0.39, 0.29) is 0 Å². The van der Waals surface area contributed by atoms with Gasteiger partial charge < -0.3 is 0 Å². The van der Waals surface area contributed by atoms with Crippen LogP contribution in [0, 0.1) is 23.7 Å². The fraction of sp³-hybridized carbons (Fsp3) is 0. The minimum absolute atomic E-state index is 1.00. The van der Waals surface area contributed by atoms with Crippen molar-refractivity contribution in [1.82, 2.24) is 0 Å². The first-order valence-corrected chi connectivity index (χ1v) is 12.7. The summed E-state index contributed by atoms with van der Waals surface area (Å²) in [5.74, 6) is 13.3. The van der Waals surface area contributed by atoms with Gasteiger partial charge in [0.25, 0.3) is 0 Å². The molecule has 0 saturated carbocycles. The molecular formula is C38H24. The van der Waals surface area contributed by atoms with Gasteiger partial charge in [-0.3, -0.25) is 0 Å². The van der Waals surface area contributed by atoms with Gasteiger partial charge in [-0.05, 0) is 69.1 Å². The van der Waals surface area contributed by atoms with Crippen molar-refractivity contribution in [3.05, 3.63) is 167 Å². The van der Waals surface area contributed by atoms with Gasteiger partial charge in [-0.25, -0.2) is 0 Å². The molecule has 0 bridgehead atoms. The third kappa shape index (κ3) is 5.27. The van der Waals surface area contributed by atoms with E-state index >= 15 is 0 Å². The molecule has 0 heteroatoms. The molecule has 6 rings (SSSR count). The Bertz CT molecular complexity index is 1740. The summed E-state index contributed by atoms with van der Waals surface area (Å²) in [6, 6.07) is 45.9. The number of hydrogen-bond acceptors (Lipinski definition) is 0. The summed E-state index contributed by atoms with van der Waals surface area (Å²) < 4.78 is 0. The molecule has 0 fully saturated rings. The third-order valence-electron chi connectivity index (χ3n) is 6.55. The maximum atomic E-state index is 3.34. The van der Waals surface area contributed by atoms with Crippen molar-refractivity contribution in [3.63, 3.8) is 0 Å². The fourth-order valence-corrected chi connectivity index (χ4v) is 4.50. The van der Waals surface area contributed by atoms with Crippen LogP contribution in [0.25, 0.3) is 33.7 Å². The maximum absolute atomic E-state index is 3.34. The molecule has 0 aliphatic rings. The summed E-state index contributed by atoms with van der Waals surface area (Å²) >= 11 is 0. The molecule has 6 aromatic carbocycles. The second-order valence-electron chi connectivity index (χ2n) is 9.13. The lowest BCUT2D eigenvalue weighted by atomic mass is 10.0. The van der Waals surface area contributed by atoms with Gasteiger partial charge in [0.2, 0.25) is 0 Å². The highest BCUT2D eigenvalue weighted by Crippen LogP contribution is 2.19. The van der Waals surface area contributed by atoms with Crippen LogP contribution in [-0.2, 0) is 0 Å². The molecule has 0 aliphatic heterocycles. The van der Waals surface area contributed by atoms with Gasteiger partial charge in [-0.2, -0.15) is 0 Å². The van der Waals surface area contributed by atoms with E-state index in [0.29, 0.717) is 0 Å². The average Bonchev–Trinajstić information content (AvgIpc) is 2.99. The summed E-state index contributed by atoms with van der Waals surface area (Å²) in [7, 11) is 0. The normalized spacial score (nSPS) is 10.6. The third-order valence-corrected chi connectivity index (χ3v) is 6.55. The Morgan fingerprint density at radius 1 is 0.342 bits per heavy atom. The first-order valence-electron chi connectivity index (χ1n) is 12.7. The summed E-state index contributed by atoms with van der Waals surface area (Å²) in [5.41, 5.74) is 6.39. The molecule has 0 spiro atoms. The van der Waals surface area contributed by atoms with Crippen molar-refractivity contribution < 1.29 is 0 Å². The van der Waals surface area contributed by atoms with Crippen molar-refractivity contribution in [1.29, 1.82) is 0 Å². The smallest absolute Gasteiger partial charge is 0.0327 e. The van der Waals surface area contributed by atoms with Crippen LogP contribution < -0.4 is 0 Å². The monoisotopic (exact) mass is 480 g/mol. The Kier molecular flexibility index (Phi) is 6.55. The van der Waals surface area contributed by atoms with Gasteiger partial charge in [0.1, 0.15) is 0 Å². The SMILES string of the molecule is C(#Cc1cccc2ccccc12)c1ccc(/C=C/c2ccc(C#Cc3cccc4ccccc34)cc2)cc1. The van der Waals surface area contributed by atoms with Crippen molar-refractivity contribution in [2.45, 2.75) is 0 Å². The van der Waals surface area contributed by atoms with E-state index in [0.717, 1.165) is 33.4 Å². The van der Waals surface area contributed by atoms with E-state index in [1.54, 1.807) is 0 Å². The van der Waals surface area contributed by atoms with Crippen LogP contribution in [0.1, 0.15) is 33.4 Å². The molecule has 0 atom stereocenters. The van der Waals surface area contributed by atoms with Crippen LogP contribution in [0.5, 0.6) is 0 Å². The van der Waals surface area contributed by atoms with E-state index in [2.05, 4.69) is 169 Å². The predicted octanol–water partition coefficient (Wildman–Crippen LogP) is 8.96. The van der Waals surface area contributed by atoms with Crippen LogP contribution in [0.15, 0.2) is 133 Å². The highest BCUT2D eigenvalue weighted by atomic mass is 14.0. The Hall–Kier alpha value is -5.30. The maximum Gasteiger partial charge on any atom is 0.0327 e. The van der Waals surface area contributed by atoms with Gasteiger partial charge >= 0.3 is 0 Å². The molecule has 6 aromatic rings. The van der Waals surface area contributed by atoms with E-state index in [1.807, 2.05) is 0 Å². The van der Waals surface area contributed by atoms with Gasteiger partial charge in [0, 0.05) is 22.3 Å². The molecule has 0 heterocycles. The lowest BCUT2D eigenvalue weighted by Gasteiger charge is -2.00. The summed E-state index contributed by atoms with van der Waals surface area (Å²) in [5, 5.41) is 4.80. The largest absolute Gasteiger partial charge is 0.0616 e.